The van der Waals surface area contributed by atoms with Gasteiger partial charge in [0, 0.05) is 47.2 Å². The molecule has 160 valence electrons. The number of hydrogen-bond donors (Lipinski definition) is 0. The van der Waals surface area contributed by atoms with Crippen LogP contribution >= 0.6 is 0 Å². The van der Waals surface area contributed by atoms with E-state index in [2.05, 4.69) is 0 Å². The summed E-state index contributed by atoms with van der Waals surface area (Å²) in [6, 6.07) is 0. The Kier molecular flexibility index (Phi) is 5.60. The molecule has 2 aliphatic heterocycles. The molecule has 8 heteroatoms. The Labute approximate surface area is 169 Å². The van der Waals surface area contributed by atoms with E-state index >= 15 is 0 Å². The van der Waals surface area contributed by atoms with Crippen molar-refractivity contribution in [3.05, 3.63) is 0 Å². The zero-order valence-electron chi connectivity index (χ0n) is 17.9. The first kappa shape index (κ1) is 21.6. The molecule has 1 saturated carbocycles. The van der Waals surface area contributed by atoms with E-state index in [1.54, 1.807) is 30.2 Å². The molecule has 1 spiro atoms. The molecule has 3 aliphatic rings. The van der Waals surface area contributed by atoms with E-state index < -0.39 is 15.4 Å². The number of carbonyl (C=O) groups is 2. The van der Waals surface area contributed by atoms with Crippen molar-refractivity contribution in [2.45, 2.75) is 46.5 Å². The van der Waals surface area contributed by atoms with Crippen molar-refractivity contribution in [3.63, 3.8) is 0 Å². The second-order valence-corrected chi connectivity index (χ2v) is 11.8. The molecule has 0 radical (unpaired) electrons. The maximum Gasteiger partial charge on any atom is 0.230 e. The molecule has 7 nitrogen and oxygen atoms in total. The SMILES string of the molecule is CC(=O)N1C[C@@H]2C3(CCN(S(=O)(=O)CC(C)C)CC3)CC[C@]2(C(=O)N(C)C)C1. The number of sulfonamides is 1. The molecule has 0 aromatic heterocycles. The van der Waals surface area contributed by atoms with Crippen molar-refractivity contribution in [2.75, 3.05) is 46.0 Å². The molecule has 0 unspecified atom stereocenters. The number of likely N-dealkylation sites (tertiary alicyclic amines) is 1. The van der Waals surface area contributed by atoms with Crippen LogP contribution < -0.4 is 0 Å². The normalized spacial score (nSPS) is 30.1. The summed E-state index contributed by atoms with van der Waals surface area (Å²) in [6.45, 7) is 7.60. The Morgan fingerprint density at radius 3 is 2.21 bits per heavy atom. The Balaban J connectivity index is 1.83. The maximum atomic E-state index is 13.2. The lowest BCUT2D eigenvalue weighted by molar-refractivity contribution is -0.141. The number of fused-ring (bicyclic) bond motifs is 2. The highest BCUT2D eigenvalue weighted by molar-refractivity contribution is 7.89. The summed E-state index contributed by atoms with van der Waals surface area (Å²) in [5.74, 6) is 0.552. The maximum absolute atomic E-state index is 13.2. The zero-order valence-corrected chi connectivity index (χ0v) is 18.7. The van der Waals surface area contributed by atoms with E-state index in [1.165, 1.54) is 0 Å². The minimum Gasteiger partial charge on any atom is -0.348 e. The van der Waals surface area contributed by atoms with Crippen molar-refractivity contribution < 1.29 is 18.0 Å². The molecule has 3 fully saturated rings. The predicted octanol–water partition coefficient (Wildman–Crippen LogP) is 1.40. The van der Waals surface area contributed by atoms with E-state index in [9.17, 15) is 18.0 Å². The summed E-state index contributed by atoms with van der Waals surface area (Å²) in [5.41, 5.74) is -0.548. The summed E-state index contributed by atoms with van der Waals surface area (Å²) in [5, 5.41) is 0. The highest BCUT2D eigenvalue weighted by Crippen LogP contribution is 2.62. The average molecular weight is 414 g/mol. The van der Waals surface area contributed by atoms with Crippen molar-refractivity contribution in [2.24, 2.45) is 22.7 Å². The van der Waals surface area contributed by atoms with Gasteiger partial charge in [0.15, 0.2) is 0 Å². The predicted molar refractivity (Wildman–Crippen MR) is 108 cm³/mol. The molecule has 0 aromatic carbocycles. The van der Waals surface area contributed by atoms with Crippen LogP contribution in [0.2, 0.25) is 0 Å². The monoisotopic (exact) mass is 413 g/mol. The Hall–Kier alpha value is -1.15. The van der Waals surface area contributed by atoms with Crippen LogP contribution in [0, 0.1) is 22.7 Å². The third-order valence-electron chi connectivity index (χ3n) is 7.28. The third kappa shape index (κ3) is 3.47. The number of nitrogens with zero attached hydrogens (tertiary/aromatic N) is 3. The van der Waals surface area contributed by atoms with Crippen LogP contribution in [-0.4, -0.2) is 80.4 Å². The van der Waals surface area contributed by atoms with Crippen molar-refractivity contribution >= 4 is 21.8 Å². The lowest BCUT2D eigenvalue weighted by atomic mass is 9.66. The van der Waals surface area contributed by atoms with Crippen molar-refractivity contribution in [1.82, 2.24) is 14.1 Å². The summed E-state index contributed by atoms with van der Waals surface area (Å²) < 4.78 is 26.9. The van der Waals surface area contributed by atoms with E-state index in [0.717, 1.165) is 25.7 Å². The molecule has 0 bridgehead atoms. The Bertz CT molecular complexity index is 741. The van der Waals surface area contributed by atoms with Gasteiger partial charge in [0.25, 0.3) is 0 Å². The molecule has 1 aliphatic carbocycles. The molecule has 2 saturated heterocycles. The second kappa shape index (κ2) is 7.27. The smallest absolute Gasteiger partial charge is 0.230 e. The molecule has 3 rings (SSSR count). The first-order valence-corrected chi connectivity index (χ1v) is 12.0. The molecule has 2 heterocycles. The number of rotatable bonds is 4. The highest BCUT2D eigenvalue weighted by Gasteiger charge is 2.65. The van der Waals surface area contributed by atoms with Gasteiger partial charge in [0.1, 0.15) is 0 Å². The lowest BCUT2D eigenvalue weighted by Gasteiger charge is -2.44. The quantitative estimate of drug-likeness (QED) is 0.698. The van der Waals surface area contributed by atoms with Gasteiger partial charge in [0.05, 0.1) is 11.2 Å². The van der Waals surface area contributed by atoms with Gasteiger partial charge in [0.2, 0.25) is 21.8 Å². The molecule has 2 amide bonds. The fourth-order valence-corrected chi connectivity index (χ4v) is 7.73. The van der Waals surface area contributed by atoms with E-state index in [4.69, 9.17) is 0 Å². The second-order valence-electron chi connectivity index (χ2n) is 9.74. The summed E-state index contributed by atoms with van der Waals surface area (Å²) in [6.07, 6.45) is 3.30. The highest BCUT2D eigenvalue weighted by atomic mass is 32.2. The van der Waals surface area contributed by atoms with Crippen LogP contribution in [-0.2, 0) is 19.6 Å². The summed E-state index contributed by atoms with van der Waals surface area (Å²) >= 11 is 0. The molecular weight excluding hydrogens is 378 g/mol. The van der Waals surface area contributed by atoms with Crippen LogP contribution in [0.5, 0.6) is 0 Å². The Morgan fingerprint density at radius 2 is 1.71 bits per heavy atom. The molecular formula is C20H35N3O4S. The minimum atomic E-state index is -3.23. The fourth-order valence-electron chi connectivity index (χ4n) is 5.93. The van der Waals surface area contributed by atoms with Gasteiger partial charge in [-0.2, -0.15) is 0 Å². The van der Waals surface area contributed by atoms with Gasteiger partial charge >= 0.3 is 0 Å². The van der Waals surface area contributed by atoms with E-state index in [1.807, 2.05) is 18.7 Å². The van der Waals surface area contributed by atoms with Gasteiger partial charge in [-0.25, -0.2) is 12.7 Å². The third-order valence-corrected chi connectivity index (χ3v) is 9.52. The molecule has 2 atom stereocenters. The van der Waals surface area contributed by atoms with E-state index in [-0.39, 0.29) is 34.8 Å². The van der Waals surface area contributed by atoms with Crippen LogP contribution in [0.15, 0.2) is 0 Å². The van der Waals surface area contributed by atoms with Gasteiger partial charge in [-0.05, 0) is 42.9 Å². The first-order valence-electron chi connectivity index (χ1n) is 10.4. The molecule has 0 aromatic rings. The van der Waals surface area contributed by atoms with Crippen molar-refractivity contribution in [1.29, 1.82) is 0 Å². The topological polar surface area (TPSA) is 78.0 Å². The van der Waals surface area contributed by atoms with Crippen LogP contribution in [0.3, 0.4) is 0 Å². The molecule has 28 heavy (non-hydrogen) atoms. The average Bonchev–Trinajstić information content (AvgIpc) is 3.11. The summed E-state index contributed by atoms with van der Waals surface area (Å²) in [4.78, 5) is 28.7. The minimum absolute atomic E-state index is 0.0208. The summed E-state index contributed by atoms with van der Waals surface area (Å²) in [7, 11) is 0.350. The molecule has 0 N–H and O–H groups in total. The largest absolute Gasteiger partial charge is 0.348 e. The van der Waals surface area contributed by atoms with Gasteiger partial charge in [-0.1, -0.05) is 13.8 Å². The first-order chi connectivity index (χ1) is 12.9. The van der Waals surface area contributed by atoms with Gasteiger partial charge in [-0.3, -0.25) is 9.59 Å². The van der Waals surface area contributed by atoms with Gasteiger partial charge < -0.3 is 9.80 Å². The van der Waals surface area contributed by atoms with Crippen LogP contribution in [0.25, 0.3) is 0 Å². The van der Waals surface area contributed by atoms with E-state index in [0.29, 0.717) is 26.2 Å². The van der Waals surface area contributed by atoms with Crippen LogP contribution in [0.1, 0.15) is 46.5 Å². The fraction of sp³-hybridized carbons (Fsp3) is 0.900. The van der Waals surface area contributed by atoms with Crippen molar-refractivity contribution in [3.8, 4) is 0 Å². The number of piperidine rings is 1. The Morgan fingerprint density at radius 1 is 1.11 bits per heavy atom. The lowest BCUT2D eigenvalue weighted by Crippen LogP contribution is -2.50. The number of hydrogen-bond acceptors (Lipinski definition) is 4. The van der Waals surface area contributed by atoms with Gasteiger partial charge in [-0.15, -0.1) is 0 Å². The zero-order chi connectivity index (χ0) is 20.9. The number of amides is 2. The number of carbonyl (C=O) groups excluding carboxylic acids is 2. The standard InChI is InChI=1S/C20H35N3O4S/c1-15(2)13-28(26,27)23-10-8-19(9-11-23)6-7-20(18(25)21(4)5)14-22(16(3)24)12-17(19)20/h15,17H,6-14H2,1-5H3/t17-,20+/m1/s1. The van der Waals surface area contributed by atoms with Crippen LogP contribution in [0.4, 0.5) is 0 Å².